The summed E-state index contributed by atoms with van der Waals surface area (Å²) in [5, 5.41) is 0. The van der Waals surface area contributed by atoms with Crippen molar-refractivity contribution < 1.29 is 9.53 Å². The van der Waals surface area contributed by atoms with Gasteiger partial charge in [-0.25, -0.2) is 4.79 Å². The summed E-state index contributed by atoms with van der Waals surface area (Å²) in [4.78, 5) is 13.6. The number of nitrogens with zero attached hydrogens (tertiary/aromatic N) is 1. The van der Waals surface area contributed by atoms with E-state index < -0.39 is 5.54 Å². The molecule has 3 nitrogen and oxygen atoms in total. The Morgan fingerprint density at radius 2 is 1.75 bits per heavy atom. The van der Waals surface area contributed by atoms with Crippen molar-refractivity contribution in [2.24, 2.45) is 0 Å². The minimum atomic E-state index is -0.663. The monoisotopic (exact) mass is 221 g/mol. The van der Waals surface area contributed by atoms with E-state index in [2.05, 4.69) is 0 Å². The first-order valence-electron chi connectivity index (χ1n) is 5.28. The number of esters is 1. The molecule has 0 fully saturated rings. The van der Waals surface area contributed by atoms with Gasteiger partial charge < -0.3 is 9.64 Å². The first kappa shape index (κ1) is 12.6. The van der Waals surface area contributed by atoms with E-state index in [0.717, 1.165) is 5.69 Å². The van der Waals surface area contributed by atoms with Crippen LogP contribution in [0.25, 0.3) is 0 Å². The number of hydrogen-bond acceptors (Lipinski definition) is 3. The van der Waals surface area contributed by atoms with E-state index in [4.69, 9.17) is 4.74 Å². The minimum absolute atomic E-state index is 0.240. The number of ether oxygens (including phenoxy) is 1. The van der Waals surface area contributed by atoms with Gasteiger partial charge in [0.2, 0.25) is 0 Å². The Morgan fingerprint density at radius 3 is 2.19 bits per heavy atom. The van der Waals surface area contributed by atoms with Crippen LogP contribution in [0.2, 0.25) is 0 Å². The Hall–Kier alpha value is -1.51. The Morgan fingerprint density at radius 1 is 1.25 bits per heavy atom. The molecule has 1 aromatic carbocycles. The van der Waals surface area contributed by atoms with Gasteiger partial charge in [0.1, 0.15) is 5.54 Å². The molecule has 0 unspecified atom stereocenters. The van der Waals surface area contributed by atoms with Crippen molar-refractivity contribution in [2.75, 3.05) is 19.1 Å². The summed E-state index contributed by atoms with van der Waals surface area (Å²) in [7, 11) is 3.30. The normalized spacial score (nSPS) is 11.1. The zero-order chi connectivity index (χ0) is 12.3. The minimum Gasteiger partial charge on any atom is -0.467 e. The molecule has 0 aliphatic heterocycles. The lowest BCUT2D eigenvalue weighted by molar-refractivity contribution is -0.145. The second-order valence-corrected chi connectivity index (χ2v) is 4.45. The lowest BCUT2D eigenvalue weighted by Crippen LogP contribution is -2.48. The summed E-state index contributed by atoms with van der Waals surface area (Å²) in [6.07, 6.45) is 0. The van der Waals surface area contributed by atoms with E-state index in [9.17, 15) is 4.79 Å². The van der Waals surface area contributed by atoms with Crippen LogP contribution >= 0.6 is 0 Å². The van der Waals surface area contributed by atoms with Crippen molar-refractivity contribution in [2.45, 2.75) is 26.3 Å². The number of methoxy groups -OCH3 is 1. The SMILES string of the molecule is COC(=O)C(C)(C)N(C)c1ccc(C)cc1. The second-order valence-electron chi connectivity index (χ2n) is 4.45. The molecule has 0 radical (unpaired) electrons. The van der Waals surface area contributed by atoms with Gasteiger partial charge in [0.25, 0.3) is 0 Å². The third-order valence-electron chi connectivity index (χ3n) is 2.94. The fourth-order valence-electron chi connectivity index (χ4n) is 1.48. The molecule has 0 spiro atoms. The van der Waals surface area contributed by atoms with E-state index in [-0.39, 0.29) is 5.97 Å². The van der Waals surface area contributed by atoms with Crippen molar-refractivity contribution in [3.8, 4) is 0 Å². The van der Waals surface area contributed by atoms with Crippen molar-refractivity contribution in [1.82, 2.24) is 0 Å². The molecule has 1 rings (SSSR count). The number of likely N-dealkylation sites (N-methyl/N-ethyl adjacent to an activating group) is 1. The van der Waals surface area contributed by atoms with Crippen molar-refractivity contribution in [1.29, 1.82) is 0 Å². The zero-order valence-electron chi connectivity index (χ0n) is 10.6. The fraction of sp³-hybridized carbons (Fsp3) is 0.462. The molecule has 88 valence electrons. The van der Waals surface area contributed by atoms with Crippen LogP contribution in [0.3, 0.4) is 0 Å². The maximum atomic E-state index is 11.7. The number of anilines is 1. The molecule has 0 bridgehead atoms. The molecule has 0 heterocycles. The van der Waals surface area contributed by atoms with Crippen LogP contribution in [0.5, 0.6) is 0 Å². The maximum absolute atomic E-state index is 11.7. The highest BCUT2D eigenvalue weighted by Crippen LogP contribution is 2.23. The van der Waals surface area contributed by atoms with Crippen LogP contribution < -0.4 is 4.90 Å². The smallest absolute Gasteiger partial charge is 0.331 e. The zero-order valence-corrected chi connectivity index (χ0v) is 10.6. The highest BCUT2D eigenvalue weighted by Gasteiger charge is 2.33. The lowest BCUT2D eigenvalue weighted by Gasteiger charge is -2.34. The van der Waals surface area contributed by atoms with Gasteiger partial charge in [-0.2, -0.15) is 0 Å². The third-order valence-corrected chi connectivity index (χ3v) is 2.94. The summed E-state index contributed by atoms with van der Waals surface area (Å²) in [6, 6.07) is 8.05. The van der Waals surface area contributed by atoms with Gasteiger partial charge in [0, 0.05) is 12.7 Å². The van der Waals surface area contributed by atoms with Crippen LogP contribution in [0, 0.1) is 6.92 Å². The summed E-state index contributed by atoms with van der Waals surface area (Å²) in [6.45, 7) is 5.73. The Balaban J connectivity index is 2.97. The molecule has 1 aromatic rings. The van der Waals surface area contributed by atoms with E-state index >= 15 is 0 Å². The van der Waals surface area contributed by atoms with Gasteiger partial charge >= 0.3 is 5.97 Å². The van der Waals surface area contributed by atoms with Crippen molar-refractivity contribution >= 4 is 11.7 Å². The van der Waals surface area contributed by atoms with E-state index in [1.807, 2.05) is 57.0 Å². The van der Waals surface area contributed by atoms with Crippen LogP contribution in [-0.4, -0.2) is 25.7 Å². The Labute approximate surface area is 97.0 Å². The van der Waals surface area contributed by atoms with E-state index in [1.54, 1.807) is 0 Å². The topological polar surface area (TPSA) is 29.5 Å². The highest BCUT2D eigenvalue weighted by molar-refractivity contribution is 5.84. The molecule has 0 aliphatic carbocycles. The first-order valence-corrected chi connectivity index (χ1v) is 5.28. The average Bonchev–Trinajstić information content (AvgIpc) is 2.28. The molecule has 0 amide bonds. The van der Waals surface area contributed by atoms with Gasteiger partial charge in [-0.1, -0.05) is 17.7 Å². The van der Waals surface area contributed by atoms with Gasteiger partial charge in [0.05, 0.1) is 7.11 Å². The summed E-state index contributed by atoms with van der Waals surface area (Å²) >= 11 is 0. The molecule has 16 heavy (non-hydrogen) atoms. The number of rotatable bonds is 3. The van der Waals surface area contributed by atoms with Gasteiger partial charge in [0.15, 0.2) is 0 Å². The maximum Gasteiger partial charge on any atom is 0.331 e. The fourth-order valence-corrected chi connectivity index (χ4v) is 1.48. The first-order chi connectivity index (χ1) is 7.39. The van der Waals surface area contributed by atoms with Crippen LogP contribution in [-0.2, 0) is 9.53 Å². The van der Waals surface area contributed by atoms with E-state index in [1.165, 1.54) is 12.7 Å². The third kappa shape index (κ3) is 2.35. The van der Waals surface area contributed by atoms with Crippen molar-refractivity contribution in [3.05, 3.63) is 29.8 Å². The lowest BCUT2D eigenvalue weighted by atomic mass is 10.0. The number of carbonyl (C=O) groups is 1. The molecule has 0 atom stereocenters. The molecule has 0 aromatic heterocycles. The number of aryl methyl sites for hydroxylation is 1. The van der Waals surface area contributed by atoms with Gasteiger partial charge in [-0.3, -0.25) is 0 Å². The van der Waals surface area contributed by atoms with Crippen LogP contribution in [0.15, 0.2) is 24.3 Å². The van der Waals surface area contributed by atoms with Crippen LogP contribution in [0.4, 0.5) is 5.69 Å². The summed E-state index contributed by atoms with van der Waals surface area (Å²) in [5.74, 6) is -0.240. The molecule has 0 aliphatic rings. The number of hydrogen-bond donors (Lipinski definition) is 0. The predicted molar refractivity (Wildman–Crippen MR) is 65.7 cm³/mol. The number of benzene rings is 1. The molecule has 0 saturated heterocycles. The van der Waals surface area contributed by atoms with Gasteiger partial charge in [-0.15, -0.1) is 0 Å². The summed E-state index contributed by atoms with van der Waals surface area (Å²) in [5.41, 5.74) is 1.54. The predicted octanol–water partition coefficient (Wildman–Crippen LogP) is 2.38. The summed E-state index contributed by atoms with van der Waals surface area (Å²) < 4.78 is 4.80. The van der Waals surface area contributed by atoms with Crippen LogP contribution in [0.1, 0.15) is 19.4 Å². The molecule has 0 N–H and O–H groups in total. The quantitative estimate of drug-likeness (QED) is 0.734. The Bertz CT molecular complexity index is 368. The molecular weight excluding hydrogens is 202 g/mol. The van der Waals surface area contributed by atoms with Gasteiger partial charge in [-0.05, 0) is 32.9 Å². The number of carbonyl (C=O) groups excluding carboxylic acids is 1. The highest BCUT2D eigenvalue weighted by atomic mass is 16.5. The van der Waals surface area contributed by atoms with E-state index in [0.29, 0.717) is 0 Å². The molecular formula is C13H19NO2. The molecule has 0 saturated carbocycles. The van der Waals surface area contributed by atoms with Crippen molar-refractivity contribution in [3.63, 3.8) is 0 Å². The standard InChI is InChI=1S/C13H19NO2/c1-10-6-8-11(9-7-10)14(4)13(2,3)12(15)16-5/h6-9H,1-5H3. The second kappa shape index (κ2) is 4.56. The molecule has 3 heteroatoms. The largest absolute Gasteiger partial charge is 0.467 e. The average molecular weight is 221 g/mol. The Kier molecular flexibility index (Phi) is 3.58.